The Labute approximate surface area is 159 Å². The van der Waals surface area contributed by atoms with E-state index < -0.39 is 0 Å². The summed E-state index contributed by atoms with van der Waals surface area (Å²) in [6.07, 6.45) is 5.61. The Kier molecular flexibility index (Phi) is 4.99. The van der Waals surface area contributed by atoms with Crippen LogP contribution in [0, 0.1) is 6.92 Å². The first-order valence-corrected chi connectivity index (χ1v) is 9.25. The van der Waals surface area contributed by atoms with Crippen LogP contribution in [-0.2, 0) is 4.74 Å². The molecule has 0 saturated carbocycles. The van der Waals surface area contributed by atoms with E-state index in [9.17, 15) is 4.79 Å². The van der Waals surface area contributed by atoms with E-state index in [2.05, 4.69) is 16.4 Å². The van der Waals surface area contributed by atoms with E-state index in [4.69, 9.17) is 4.74 Å². The zero-order chi connectivity index (χ0) is 18.6. The predicted molar refractivity (Wildman–Crippen MR) is 107 cm³/mol. The quantitative estimate of drug-likeness (QED) is 0.701. The Morgan fingerprint density at radius 1 is 1.07 bits per heavy atom. The molecule has 1 aliphatic rings. The normalized spacial score (nSPS) is 16.3. The standard InChI is InChI=1S/C23H22N2O2/c1-16-9-10-18(22-8-5-11-27-22)13-21(16)25-23(26)20-12-19(14-24-15-20)17-6-3-2-4-7-17/h2-4,6-7,9-10,12-15,22H,5,8,11H2,1H3,(H,25,26). The van der Waals surface area contributed by atoms with Crippen molar-refractivity contribution in [2.75, 3.05) is 11.9 Å². The van der Waals surface area contributed by atoms with Gasteiger partial charge in [-0.25, -0.2) is 0 Å². The largest absolute Gasteiger partial charge is 0.374 e. The number of aromatic nitrogens is 1. The molecule has 1 aliphatic heterocycles. The van der Waals surface area contributed by atoms with Gasteiger partial charge in [0, 0.05) is 30.3 Å². The number of rotatable bonds is 4. The second kappa shape index (κ2) is 7.72. The van der Waals surface area contributed by atoms with Gasteiger partial charge in [-0.15, -0.1) is 0 Å². The molecule has 1 aromatic heterocycles. The molecule has 0 bridgehead atoms. The molecule has 4 rings (SSSR count). The van der Waals surface area contributed by atoms with Crippen LogP contribution in [0.1, 0.15) is 40.4 Å². The van der Waals surface area contributed by atoms with Crippen molar-refractivity contribution in [2.45, 2.75) is 25.9 Å². The Balaban J connectivity index is 1.57. The number of amides is 1. The van der Waals surface area contributed by atoms with Crippen LogP contribution in [0.5, 0.6) is 0 Å². The molecule has 1 atom stereocenters. The summed E-state index contributed by atoms with van der Waals surface area (Å²) in [7, 11) is 0. The number of hydrogen-bond acceptors (Lipinski definition) is 3. The molecule has 4 nitrogen and oxygen atoms in total. The van der Waals surface area contributed by atoms with Gasteiger partial charge >= 0.3 is 0 Å². The highest BCUT2D eigenvalue weighted by Gasteiger charge is 2.19. The van der Waals surface area contributed by atoms with Crippen molar-refractivity contribution in [1.82, 2.24) is 4.98 Å². The van der Waals surface area contributed by atoms with E-state index in [1.807, 2.05) is 55.5 Å². The molecule has 1 unspecified atom stereocenters. The Hall–Kier alpha value is -2.98. The number of anilines is 1. The van der Waals surface area contributed by atoms with Crippen LogP contribution in [0.25, 0.3) is 11.1 Å². The topological polar surface area (TPSA) is 51.2 Å². The van der Waals surface area contributed by atoms with Crippen molar-refractivity contribution in [3.05, 3.63) is 83.7 Å². The highest BCUT2D eigenvalue weighted by molar-refractivity contribution is 6.05. The maximum absolute atomic E-state index is 12.8. The minimum atomic E-state index is -0.159. The Morgan fingerprint density at radius 2 is 1.93 bits per heavy atom. The predicted octanol–water partition coefficient (Wildman–Crippen LogP) is 5.16. The molecule has 136 valence electrons. The van der Waals surface area contributed by atoms with Gasteiger partial charge < -0.3 is 10.1 Å². The molecule has 1 amide bonds. The second-order valence-corrected chi connectivity index (χ2v) is 6.86. The molecule has 1 saturated heterocycles. The average molecular weight is 358 g/mol. The number of nitrogens with zero attached hydrogens (tertiary/aromatic N) is 1. The SMILES string of the molecule is Cc1ccc(C2CCCO2)cc1NC(=O)c1cncc(-c2ccccc2)c1. The lowest BCUT2D eigenvalue weighted by atomic mass is 10.0. The van der Waals surface area contributed by atoms with Crippen molar-refractivity contribution in [3.63, 3.8) is 0 Å². The van der Waals surface area contributed by atoms with Crippen molar-refractivity contribution in [1.29, 1.82) is 0 Å². The molecule has 4 heteroatoms. The van der Waals surface area contributed by atoms with E-state index in [0.717, 1.165) is 47.4 Å². The van der Waals surface area contributed by atoms with Gasteiger partial charge in [0.05, 0.1) is 11.7 Å². The minimum absolute atomic E-state index is 0.129. The maximum Gasteiger partial charge on any atom is 0.257 e. The lowest BCUT2D eigenvalue weighted by Gasteiger charge is -2.14. The van der Waals surface area contributed by atoms with Crippen LogP contribution >= 0.6 is 0 Å². The fraction of sp³-hybridized carbons (Fsp3) is 0.217. The number of ether oxygens (including phenoxy) is 1. The van der Waals surface area contributed by atoms with Crippen molar-refractivity contribution < 1.29 is 9.53 Å². The highest BCUT2D eigenvalue weighted by Crippen LogP contribution is 2.31. The van der Waals surface area contributed by atoms with Crippen LogP contribution in [0.3, 0.4) is 0 Å². The summed E-state index contributed by atoms with van der Waals surface area (Å²) < 4.78 is 5.77. The fourth-order valence-corrected chi connectivity index (χ4v) is 3.36. The summed E-state index contributed by atoms with van der Waals surface area (Å²) >= 11 is 0. The van der Waals surface area contributed by atoms with E-state index in [-0.39, 0.29) is 12.0 Å². The molecule has 2 heterocycles. The molecule has 0 radical (unpaired) electrons. The molecular weight excluding hydrogens is 336 g/mol. The Bertz CT molecular complexity index is 948. The first-order valence-electron chi connectivity index (χ1n) is 9.25. The van der Waals surface area contributed by atoms with E-state index in [0.29, 0.717) is 5.56 Å². The summed E-state index contributed by atoms with van der Waals surface area (Å²) in [6, 6.07) is 17.9. The molecule has 3 aromatic rings. The summed E-state index contributed by atoms with van der Waals surface area (Å²) in [6.45, 7) is 2.80. The van der Waals surface area contributed by atoms with Crippen molar-refractivity contribution in [2.24, 2.45) is 0 Å². The van der Waals surface area contributed by atoms with Gasteiger partial charge in [0.2, 0.25) is 0 Å². The van der Waals surface area contributed by atoms with E-state index in [1.54, 1.807) is 12.4 Å². The number of carbonyl (C=O) groups excluding carboxylic acids is 1. The monoisotopic (exact) mass is 358 g/mol. The Morgan fingerprint density at radius 3 is 2.70 bits per heavy atom. The number of aryl methyl sites for hydroxylation is 1. The number of benzene rings is 2. The smallest absolute Gasteiger partial charge is 0.257 e. The van der Waals surface area contributed by atoms with Gasteiger partial charge in [-0.3, -0.25) is 9.78 Å². The van der Waals surface area contributed by atoms with Crippen molar-refractivity contribution in [3.8, 4) is 11.1 Å². The summed E-state index contributed by atoms with van der Waals surface area (Å²) in [4.78, 5) is 17.0. The van der Waals surface area contributed by atoms with Crippen LogP contribution in [0.2, 0.25) is 0 Å². The lowest BCUT2D eigenvalue weighted by Crippen LogP contribution is -2.13. The molecule has 0 spiro atoms. The van der Waals surface area contributed by atoms with Gasteiger partial charge in [0.1, 0.15) is 0 Å². The number of hydrogen-bond donors (Lipinski definition) is 1. The molecule has 1 fully saturated rings. The highest BCUT2D eigenvalue weighted by atomic mass is 16.5. The second-order valence-electron chi connectivity index (χ2n) is 6.86. The van der Waals surface area contributed by atoms with Crippen LogP contribution in [0.4, 0.5) is 5.69 Å². The van der Waals surface area contributed by atoms with Gasteiger partial charge in [-0.2, -0.15) is 0 Å². The molecule has 1 N–H and O–H groups in total. The number of nitrogens with one attached hydrogen (secondary N) is 1. The number of carbonyl (C=O) groups is 1. The van der Waals surface area contributed by atoms with Gasteiger partial charge in [-0.1, -0.05) is 42.5 Å². The molecule has 0 aliphatic carbocycles. The lowest BCUT2D eigenvalue weighted by molar-refractivity contribution is 0.102. The third-order valence-electron chi connectivity index (χ3n) is 4.92. The van der Waals surface area contributed by atoms with Crippen LogP contribution < -0.4 is 5.32 Å². The zero-order valence-corrected chi connectivity index (χ0v) is 15.3. The third kappa shape index (κ3) is 3.91. The van der Waals surface area contributed by atoms with Gasteiger partial charge in [-0.05, 0) is 48.6 Å². The molecular formula is C23H22N2O2. The van der Waals surface area contributed by atoms with Crippen LogP contribution in [0.15, 0.2) is 67.0 Å². The fourth-order valence-electron chi connectivity index (χ4n) is 3.36. The average Bonchev–Trinajstić information content (AvgIpc) is 3.25. The van der Waals surface area contributed by atoms with Crippen LogP contribution in [-0.4, -0.2) is 17.5 Å². The van der Waals surface area contributed by atoms with E-state index in [1.165, 1.54) is 0 Å². The zero-order valence-electron chi connectivity index (χ0n) is 15.3. The number of pyridine rings is 1. The maximum atomic E-state index is 12.8. The summed E-state index contributed by atoms with van der Waals surface area (Å²) in [5.41, 5.74) is 5.46. The summed E-state index contributed by atoms with van der Waals surface area (Å²) in [5, 5.41) is 3.03. The molecule has 27 heavy (non-hydrogen) atoms. The van der Waals surface area contributed by atoms with Gasteiger partial charge in [0.25, 0.3) is 5.91 Å². The molecule has 2 aromatic carbocycles. The van der Waals surface area contributed by atoms with Crippen molar-refractivity contribution >= 4 is 11.6 Å². The third-order valence-corrected chi connectivity index (χ3v) is 4.92. The first kappa shape index (κ1) is 17.4. The summed E-state index contributed by atoms with van der Waals surface area (Å²) in [5.74, 6) is -0.159. The first-order chi connectivity index (χ1) is 13.2. The van der Waals surface area contributed by atoms with E-state index >= 15 is 0 Å². The van der Waals surface area contributed by atoms with Gasteiger partial charge in [0.15, 0.2) is 0 Å². The minimum Gasteiger partial charge on any atom is -0.374 e.